The molecule has 5 rings (SSSR count). The summed E-state index contributed by atoms with van der Waals surface area (Å²) in [6.07, 6.45) is 0.856. The van der Waals surface area contributed by atoms with E-state index >= 15 is 0 Å². The lowest BCUT2D eigenvalue weighted by molar-refractivity contribution is 0.0788. The van der Waals surface area contributed by atoms with E-state index in [4.69, 9.17) is 18.9 Å². The Morgan fingerprint density at radius 1 is 1.11 bits per heavy atom. The molecule has 2 N–H and O–H groups in total. The van der Waals surface area contributed by atoms with E-state index in [9.17, 15) is 9.59 Å². The Bertz CT molecular complexity index is 1080. The third-order valence-electron chi connectivity index (χ3n) is 6.93. The molecule has 1 atom stereocenters. The number of hydrogen-bond donors (Lipinski definition) is 2. The summed E-state index contributed by atoms with van der Waals surface area (Å²) in [5.41, 5.74) is 1.25. The van der Waals surface area contributed by atoms with Gasteiger partial charge in [0.2, 0.25) is 6.79 Å². The number of ether oxygens (including phenoxy) is 4. The summed E-state index contributed by atoms with van der Waals surface area (Å²) < 4.78 is 21.9. The van der Waals surface area contributed by atoms with Gasteiger partial charge in [-0.25, -0.2) is 9.59 Å². The number of piperidine rings is 1. The minimum absolute atomic E-state index is 0.204. The highest BCUT2D eigenvalue weighted by Gasteiger charge is 2.40. The van der Waals surface area contributed by atoms with Crippen molar-refractivity contribution in [1.29, 1.82) is 0 Å². The summed E-state index contributed by atoms with van der Waals surface area (Å²) in [4.78, 5) is 28.8. The first-order valence-corrected chi connectivity index (χ1v) is 11.7. The average Bonchev–Trinajstić information content (AvgIpc) is 3.51. The van der Waals surface area contributed by atoms with Gasteiger partial charge < -0.3 is 29.6 Å². The smallest absolute Gasteiger partial charge is 0.414 e. The predicted molar refractivity (Wildman–Crippen MR) is 128 cm³/mol. The quantitative estimate of drug-likeness (QED) is 0.653. The third-order valence-corrected chi connectivity index (χ3v) is 6.93. The van der Waals surface area contributed by atoms with Gasteiger partial charge in [-0.1, -0.05) is 6.07 Å². The molecule has 10 nitrogen and oxygen atoms in total. The lowest BCUT2D eigenvalue weighted by Crippen LogP contribution is -2.55. The minimum Gasteiger partial charge on any atom is -0.497 e. The van der Waals surface area contributed by atoms with E-state index in [-0.39, 0.29) is 25.0 Å². The summed E-state index contributed by atoms with van der Waals surface area (Å²) in [7, 11) is 3.22. The van der Waals surface area contributed by atoms with Crippen LogP contribution in [0.25, 0.3) is 0 Å². The molecule has 2 saturated heterocycles. The number of likely N-dealkylation sites (tertiary alicyclic amines) is 1. The lowest BCUT2D eigenvalue weighted by atomic mass is 9.80. The zero-order valence-corrected chi connectivity index (χ0v) is 19.9. The summed E-state index contributed by atoms with van der Waals surface area (Å²) in [6, 6.07) is 13.0. The van der Waals surface area contributed by atoms with Crippen LogP contribution < -0.4 is 29.7 Å². The molecule has 0 saturated carbocycles. The maximum atomic E-state index is 12.5. The molecule has 186 valence electrons. The van der Waals surface area contributed by atoms with Crippen LogP contribution in [0.4, 0.5) is 15.3 Å². The zero-order valence-electron chi connectivity index (χ0n) is 19.9. The van der Waals surface area contributed by atoms with Crippen molar-refractivity contribution in [3.63, 3.8) is 0 Å². The van der Waals surface area contributed by atoms with E-state index in [2.05, 4.69) is 15.5 Å². The van der Waals surface area contributed by atoms with Gasteiger partial charge in [0.15, 0.2) is 11.5 Å². The van der Waals surface area contributed by atoms with E-state index in [1.807, 2.05) is 42.5 Å². The van der Waals surface area contributed by atoms with Crippen molar-refractivity contribution >= 4 is 17.8 Å². The fourth-order valence-electron chi connectivity index (χ4n) is 4.95. The lowest BCUT2D eigenvalue weighted by Gasteiger charge is -2.43. The van der Waals surface area contributed by atoms with Crippen molar-refractivity contribution in [2.45, 2.75) is 24.5 Å². The highest BCUT2D eigenvalue weighted by atomic mass is 16.7. The van der Waals surface area contributed by atoms with Crippen LogP contribution in [-0.2, 0) is 10.3 Å². The van der Waals surface area contributed by atoms with Crippen LogP contribution in [-0.4, -0.2) is 70.3 Å². The minimum atomic E-state index is -0.529. The number of hydrogen-bond acceptors (Lipinski definition) is 7. The monoisotopic (exact) mass is 482 g/mol. The zero-order chi connectivity index (χ0) is 24.4. The fourth-order valence-corrected chi connectivity index (χ4v) is 4.95. The molecule has 2 aromatic rings. The molecule has 3 heterocycles. The van der Waals surface area contributed by atoms with E-state index in [0.717, 1.165) is 30.1 Å². The molecule has 0 spiro atoms. The molecular formula is C25H30N4O6. The van der Waals surface area contributed by atoms with Crippen LogP contribution >= 0.6 is 0 Å². The van der Waals surface area contributed by atoms with Gasteiger partial charge in [0.1, 0.15) is 11.9 Å². The van der Waals surface area contributed by atoms with Gasteiger partial charge in [-0.05, 0) is 54.8 Å². The number of benzene rings is 2. The first-order chi connectivity index (χ1) is 17.0. The normalized spacial score (nSPS) is 20.9. The SMILES string of the molecule is CNC(=O)NC1(c2ccc3c(c2)OCO3)CCN(CC2CN(c3ccc(OC)cc3)C(=O)O2)CC1. The average molecular weight is 483 g/mol. The van der Waals surface area contributed by atoms with Gasteiger partial charge in [0, 0.05) is 32.4 Å². The number of urea groups is 1. The molecule has 0 aromatic heterocycles. The van der Waals surface area contributed by atoms with Gasteiger partial charge in [0.25, 0.3) is 0 Å². The Morgan fingerprint density at radius 3 is 2.57 bits per heavy atom. The number of nitrogens with zero attached hydrogens (tertiary/aromatic N) is 2. The topological polar surface area (TPSA) is 102 Å². The van der Waals surface area contributed by atoms with E-state index in [1.165, 1.54) is 0 Å². The van der Waals surface area contributed by atoms with Gasteiger partial charge in [-0.2, -0.15) is 0 Å². The highest BCUT2D eigenvalue weighted by Crippen LogP contribution is 2.40. The van der Waals surface area contributed by atoms with Crippen molar-refractivity contribution in [3.05, 3.63) is 48.0 Å². The molecule has 3 aliphatic rings. The standard InChI is InChI=1S/C25H30N4O6/c1-26-23(30)27-25(17-3-8-21-22(13-17)34-16-33-21)9-11-28(12-10-25)14-20-15-29(24(31)35-20)18-4-6-19(32-2)7-5-18/h3-8,13,20H,9-12,14-16H2,1-2H3,(H2,26,27,30). The molecule has 2 fully saturated rings. The largest absolute Gasteiger partial charge is 0.497 e. The van der Waals surface area contributed by atoms with E-state index in [0.29, 0.717) is 37.4 Å². The Morgan fingerprint density at radius 2 is 1.86 bits per heavy atom. The van der Waals surface area contributed by atoms with Crippen molar-refractivity contribution in [2.24, 2.45) is 0 Å². The molecule has 35 heavy (non-hydrogen) atoms. The first kappa shape index (κ1) is 23.1. The maximum Gasteiger partial charge on any atom is 0.414 e. The molecule has 0 radical (unpaired) electrons. The van der Waals surface area contributed by atoms with Crippen molar-refractivity contribution < 1.29 is 28.5 Å². The second kappa shape index (κ2) is 9.53. The van der Waals surface area contributed by atoms with Crippen LogP contribution in [0.5, 0.6) is 17.2 Å². The van der Waals surface area contributed by atoms with E-state index < -0.39 is 5.54 Å². The summed E-state index contributed by atoms with van der Waals surface area (Å²) in [5.74, 6) is 2.15. The third kappa shape index (κ3) is 4.66. The first-order valence-electron chi connectivity index (χ1n) is 11.7. The van der Waals surface area contributed by atoms with Crippen molar-refractivity contribution in [2.75, 3.05) is 52.0 Å². The van der Waals surface area contributed by atoms with Crippen LogP contribution in [0, 0.1) is 0 Å². The predicted octanol–water partition coefficient (Wildman–Crippen LogP) is 2.67. The summed E-state index contributed by atoms with van der Waals surface area (Å²) in [6.45, 7) is 2.82. The Hall–Kier alpha value is -3.66. The summed E-state index contributed by atoms with van der Waals surface area (Å²) >= 11 is 0. The molecular weight excluding hydrogens is 452 g/mol. The van der Waals surface area contributed by atoms with Gasteiger partial charge in [-0.15, -0.1) is 0 Å². The van der Waals surface area contributed by atoms with Crippen molar-refractivity contribution in [3.8, 4) is 17.2 Å². The Kier molecular flexibility index (Phi) is 6.29. The second-order valence-electron chi connectivity index (χ2n) is 8.97. The van der Waals surface area contributed by atoms with Crippen LogP contribution in [0.2, 0.25) is 0 Å². The number of carbonyl (C=O) groups is 2. The number of anilines is 1. The number of nitrogens with one attached hydrogen (secondary N) is 2. The number of amides is 3. The second-order valence-corrected chi connectivity index (χ2v) is 8.97. The maximum absolute atomic E-state index is 12.5. The van der Waals surface area contributed by atoms with Crippen molar-refractivity contribution in [1.82, 2.24) is 15.5 Å². The molecule has 0 aliphatic carbocycles. The number of cyclic esters (lactones) is 1. The number of carbonyl (C=O) groups excluding carboxylic acids is 2. The molecule has 10 heteroatoms. The van der Waals surface area contributed by atoms with Crippen LogP contribution in [0.15, 0.2) is 42.5 Å². The fraction of sp³-hybridized carbons (Fsp3) is 0.440. The molecule has 0 bridgehead atoms. The Labute approximate surface area is 204 Å². The van der Waals surface area contributed by atoms with Gasteiger partial charge >= 0.3 is 12.1 Å². The molecule has 1 unspecified atom stereocenters. The molecule has 3 amide bonds. The van der Waals surface area contributed by atoms with E-state index in [1.54, 1.807) is 19.1 Å². The molecule has 3 aliphatic heterocycles. The number of methoxy groups -OCH3 is 1. The summed E-state index contributed by atoms with van der Waals surface area (Å²) in [5, 5.41) is 5.84. The number of rotatable bonds is 6. The van der Waals surface area contributed by atoms with Crippen LogP contribution in [0.1, 0.15) is 18.4 Å². The Balaban J connectivity index is 1.24. The number of fused-ring (bicyclic) bond motifs is 1. The van der Waals surface area contributed by atoms with Gasteiger partial charge in [0.05, 0.1) is 19.2 Å². The van der Waals surface area contributed by atoms with Gasteiger partial charge in [-0.3, -0.25) is 9.80 Å². The van der Waals surface area contributed by atoms with Crippen LogP contribution in [0.3, 0.4) is 0 Å². The molecule has 2 aromatic carbocycles. The highest BCUT2D eigenvalue weighted by molar-refractivity contribution is 5.89.